The number of rotatable bonds is 3. The summed E-state index contributed by atoms with van der Waals surface area (Å²) in [6, 6.07) is -0.564. The average molecular weight is 374 g/mol. The molecule has 3 rings (SSSR count). The number of anilines is 2. The number of aromatic nitrogens is 2. The molecule has 0 aromatic carbocycles. The molecule has 0 amide bonds. The molecule has 146 valence electrons. The van der Waals surface area contributed by atoms with E-state index in [1.54, 1.807) is 6.92 Å². The van der Waals surface area contributed by atoms with E-state index in [2.05, 4.69) is 4.98 Å². The van der Waals surface area contributed by atoms with Crippen LogP contribution in [0.3, 0.4) is 0 Å². The van der Waals surface area contributed by atoms with Crippen LogP contribution in [0.4, 0.5) is 24.9 Å². The Morgan fingerprint density at radius 1 is 1.38 bits per heavy atom. The molecule has 26 heavy (non-hydrogen) atoms. The summed E-state index contributed by atoms with van der Waals surface area (Å²) in [5.41, 5.74) is -0.308. The highest BCUT2D eigenvalue weighted by Gasteiger charge is 2.48. The van der Waals surface area contributed by atoms with Crippen LogP contribution in [0, 0.1) is 0 Å². The second kappa shape index (κ2) is 7.09. The molecule has 0 spiro atoms. The molecule has 2 aliphatic heterocycles. The molecule has 3 heterocycles. The lowest BCUT2D eigenvalue weighted by Crippen LogP contribution is -2.56. The van der Waals surface area contributed by atoms with Crippen molar-refractivity contribution in [1.82, 2.24) is 9.55 Å². The molecular formula is C17H25F3N4O2. The quantitative estimate of drug-likeness (QED) is 0.813. The molecule has 2 aliphatic rings. The van der Waals surface area contributed by atoms with E-state index in [1.165, 1.54) is 15.5 Å². The maximum atomic E-state index is 13.6. The number of hydrogen-bond donors (Lipinski definition) is 0. The summed E-state index contributed by atoms with van der Waals surface area (Å²) in [4.78, 5) is 20.3. The summed E-state index contributed by atoms with van der Waals surface area (Å²) in [7, 11) is 0. The number of morpholine rings is 1. The molecule has 9 heteroatoms. The van der Waals surface area contributed by atoms with Crippen LogP contribution in [0.25, 0.3) is 0 Å². The number of alkyl halides is 3. The standard InChI is InChI=1S/C17H25F3N4O2/c1-4-11(2)24-13(17(18,19)20)5-6-23-15(25)9-14(21-16(23)24)22-7-8-26-10-12(22)3/h9,11-13H,4-8,10H2,1-3H3/t11?,12-,13?/m1/s1. The van der Waals surface area contributed by atoms with Gasteiger partial charge in [0.25, 0.3) is 5.56 Å². The van der Waals surface area contributed by atoms with Gasteiger partial charge in [-0.2, -0.15) is 18.2 Å². The van der Waals surface area contributed by atoms with Crippen LogP contribution in [-0.4, -0.2) is 53.6 Å². The summed E-state index contributed by atoms with van der Waals surface area (Å²) >= 11 is 0. The molecule has 1 fully saturated rings. The van der Waals surface area contributed by atoms with Crippen molar-refractivity contribution in [2.75, 3.05) is 29.6 Å². The third-order valence-electron chi connectivity index (χ3n) is 5.27. The van der Waals surface area contributed by atoms with Crippen molar-refractivity contribution >= 4 is 11.8 Å². The Hall–Kier alpha value is -1.77. The Morgan fingerprint density at radius 2 is 2.12 bits per heavy atom. The number of halogens is 3. The van der Waals surface area contributed by atoms with Crippen molar-refractivity contribution in [3.63, 3.8) is 0 Å². The predicted molar refractivity (Wildman–Crippen MR) is 92.8 cm³/mol. The highest BCUT2D eigenvalue weighted by atomic mass is 19.4. The molecular weight excluding hydrogens is 349 g/mol. The van der Waals surface area contributed by atoms with Crippen LogP contribution in [0.1, 0.15) is 33.6 Å². The van der Waals surface area contributed by atoms with E-state index >= 15 is 0 Å². The fourth-order valence-electron chi connectivity index (χ4n) is 3.66. The van der Waals surface area contributed by atoms with Crippen LogP contribution >= 0.6 is 0 Å². The van der Waals surface area contributed by atoms with Crippen molar-refractivity contribution < 1.29 is 17.9 Å². The van der Waals surface area contributed by atoms with Gasteiger partial charge in [0.2, 0.25) is 5.95 Å². The highest BCUT2D eigenvalue weighted by molar-refractivity contribution is 5.48. The van der Waals surface area contributed by atoms with Crippen LogP contribution in [0.2, 0.25) is 0 Å². The van der Waals surface area contributed by atoms with Crippen molar-refractivity contribution in [3.05, 3.63) is 16.4 Å². The maximum Gasteiger partial charge on any atom is 0.408 e. The molecule has 6 nitrogen and oxygen atoms in total. The molecule has 1 aromatic heterocycles. The van der Waals surface area contributed by atoms with Crippen molar-refractivity contribution in [3.8, 4) is 0 Å². The van der Waals surface area contributed by atoms with Crippen molar-refractivity contribution in [2.24, 2.45) is 0 Å². The van der Waals surface area contributed by atoms with Crippen LogP contribution < -0.4 is 15.4 Å². The van der Waals surface area contributed by atoms with E-state index in [0.717, 1.165) is 0 Å². The second-order valence-electron chi connectivity index (χ2n) is 7.03. The Balaban J connectivity index is 2.09. The lowest BCUT2D eigenvalue weighted by Gasteiger charge is -2.43. The Bertz CT molecular complexity index is 706. The van der Waals surface area contributed by atoms with Gasteiger partial charge in [0.1, 0.15) is 11.9 Å². The largest absolute Gasteiger partial charge is 0.408 e. The minimum absolute atomic E-state index is 0.0118. The monoisotopic (exact) mass is 374 g/mol. The van der Waals surface area contributed by atoms with Gasteiger partial charge in [0.15, 0.2) is 0 Å². The Kier molecular flexibility index (Phi) is 5.18. The van der Waals surface area contributed by atoms with Gasteiger partial charge in [-0.25, -0.2) is 0 Å². The van der Waals surface area contributed by atoms with Gasteiger partial charge in [0, 0.05) is 25.2 Å². The molecule has 3 atom stereocenters. The fraction of sp³-hybridized carbons (Fsp3) is 0.765. The van der Waals surface area contributed by atoms with E-state index < -0.39 is 12.2 Å². The first kappa shape index (κ1) is 19.0. The lowest BCUT2D eigenvalue weighted by atomic mass is 10.1. The van der Waals surface area contributed by atoms with Gasteiger partial charge in [-0.15, -0.1) is 0 Å². The maximum absolute atomic E-state index is 13.6. The molecule has 0 bridgehead atoms. The van der Waals surface area contributed by atoms with Crippen LogP contribution in [0.5, 0.6) is 0 Å². The van der Waals surface area contributed by atoms with E-state index in [1.807, 2.05) is 18.7 Å². The first-order chi connectivity index (χ1) is 12.2. The summed E-state index contributed by atoms with van der Waals surface area (Å²) in [5, 5.41) is 0. The minimum atomic E-state index is -4.37. The first-order valence-corrected chi connectivity index (χ1v) is 9.05. The van der Waals surface area contributed by atoms with Crippen molar-refractivity contribution in [2.45, 2.75) is 64.5 Å². The van der Waals surface area contributed by atoms with Crippen LogP contribution in [-0.2, 0) is 11.3 Å². The van der Waals surface area contributed by atoms with E-state index in [9.17, 15) is 18.0 Å². The van der Waals surface area contributed by atoms with E-state index in [0.29, 0.717) is 32.0 Å². The van der Waals surface area contributed by atoms with Gasteiger partial charge in [0.05, 0.1) is 19.3 Å². The third-order valence-corrected chi connectivity index (χ3v) is 5.27. The van der Waals surface area contributed by atoms with E-state index in [4.69, 9.17) is 4.74 Å². The number of fused-ring (bicyclic) bond motifs is 1. The average Bonchev–Trinajstić information content (AvgIpc) is 2.59. The van der Waals surface area contributed by atoms with Gasteiger partial charge >= 0.3 is 6.18 Å². The Morgan fingerprint density at radius 3 is 2.73 bits per heavy atom. The molecule has 0 aliphatic carbocycles. The first-order valence-electron chi connectivity index (χ1n) is 9.05. The SMILES string of the molecule is CCC(C)N1c2nc(N3CCOC[C@H]3C)cc(=O)n2CCC1C(F)(F)F. The molecule has 2 unspecified atom stereocenters. The zero-order chi connectivity index (χ0) is 19.1. The normalized spacial score (nSPS) is 25.2. The molecule has 1 aromatic rings. The van der Waals surface area contributed by atoms with Crippen LogP contribution in [0.15, 0.2) is 10.9 Å². The zero-order valence-electron chi connectivity index (χ0n) is 15.3. The second-order valence-corrected chi connectivity index (χ2v) is 7.03. The van der Waals surface area contributed by atoms with E-state index in [-0.39, 0.29) is 36.6 Å². The number of hydrogen-bond acceptors (Lipinski definition) is 5. The lowest BCUT2D eigenvalue weighted by molar-refractivity contribution is -0.154. The summed E-state index contributed by atoms with van der Waals surface area (Å²) in [6.07, 6.45) is -3.98. The molecule has 1 saturated heterocycles. The molecule has 0 saturated carbocycles. The summed E-state index contributed by atoms with van der Waals surface area (Å²) in [5.74, 6) is 0.544. The topological polar surface area (TPSA) is 50.6 Å². The molecule has 0 radical (unpaired) electrons. The van der Waals surface area contributed by atoms with Gasteiger partial charge in [-0.3, -0.25) is 9.36 Å². The minimum Gasteiger partial charge on any atom is -0.377 e. The zero-order valence-corrected chi connectivity index (χ0v) is 15.3. The fourth-order valence-corrected chi connectivity index (χ4v) is 3.66. The number of nitrogens with zero attached hydrogens (tertiary/aromatic N) is 4. The Labute approximate surface area is 150 Å². The van der Waals surface area contributed by atoms with Gasteiger partial charge < -0.3 is 14.5 Å². The van der Waals surface area contributed by atoms with Gasteiger partial charge in [-0.05, 0) is 26.7 Å². The predicted octanol–water partition coefficient (Wildman–Crippen LogP) is 2.41. The summed E-state index contributed by atoms with van der Waals surface area (Å²) in [6.45, 7) is 7.11. The van der Waals surface area contributed by atoms with Crippen molar-refractivity contribution in [1.29, 1.82) is 0 Å². The smallest absolute Gasteiger partial charge is 0.377 e. The number of ether oxygens (including phenoxy) is 1. The molecule has 0 N–H and O–H groups in total. The summed E-state index contributed by atoms with van der Waals surface area (Å²) < 4.78 is 47.6. The third kappa shape index (κ3) is 3.41. The highest BCUT2D eigenvalue weighted by Crippen LogP contribution is 2.36. The van der Waals surface area contributed by atoms with Gasteiger partial charge in [-0.1, -0.05) is 6.92 Å².